The lowest BCUT2D eigenvalue weighted by molar-refractivity contribution is -0.125. The first-order chi connectivity index (χ1) is 10.1. The van der Waals surface area contributed by atoms with E-state index in [-0.39, 0.29) is 5.82 Å². The van der Waals surface area contributed by atoms with Gasteiger partial charge in [-0.25, -0.2) is 0 Å². The Morgan fingerprint density at radius 3 is 3.10 bits per heavy atom. The van der Waals surface area contributed by atoms with Gasteiger partial charge in [0.2, 0.25) is 0 Å². The fourth-order valence-corrected chi connectivity index (χ4v) is 2.40. The van der Waals surface area contributed by atoms with E-state index < -0.39 is 11.9 Å². The number of ether oxygens (including phenoxy) is 1. The first-order valence-corrected chi connectivity index (χ1v) is 6.56. The summed E-state index contributed by atoms with van der Waals surface area (Å²) in [5.74, 6) is 0.490. The predicted octanol–water partition coefficient (Wildman–Crippen LogP) is 0.546. The van der Waals surface area contributed by atoms with Crippen molar-refractivity contribution in [3.8, 4) is 5.75 Å². The van der Waals surface area contributed by atoms with Crippen LogP contribution in [0.25, 0.3) is 0 Å². The van der Waals surface area contributed by atoms with Crippen molar-refractivity contribution in [1.29, 1.82) is 0 Å². The first kappa shape index (κ1) is 13.6. The number of rotatable bonds is 3. The van der Waals surface area contributed by atoms with Gasteiger partial charge in [-0.05, 0) is 17.7 Å². The minimum Gasteiger partial charge on any atom is -0.497 e. The maximum Gasteiger partial charge on any atom is 0.269 e. The number of methoxy groups -OCH3 is 1. The monoisotopic (exact) mass is 288 g/mol. The average molecular weight is 288 g/mol. The second-order valence-electron chi connectivity index (χ2n) is 4.99. The van der Waals surface area contributed by atoms with Crippen LogP contribution < -0.4 is 15.5 Å². The third-order valence-corrected chi connectivity index (χ3v) is 3.46. The molecule has 1 atom stereocenters. The molecule has 1 aromatic carbocycles. The quantitative estimate of drug-likeness (QED) is 0.804. The highest BCUT2D eigenvalue weighted by molar-refractivity contribution is 5.97. The Bertz CT molecular complexity index is 683. The second-order valence-corrected chi connectivity index (χ2v) is 4.99. The van der Waals surface area contributed by atoms with Crippen molar-refractivity contribution in [3.63, 3.8) is 0 Å². The summed E-state index contributed by atoms with van der Waals surface area (Å²) < 4.78 is 6.85. The molecule has 1 aromatic heterocycles. The average Bonchev–Trinajstić information content (AvgIpc) is 2.87. The molecule has 2 heterocycles. The van der Waals surface area contributed by atoms with E-state index in [0.717, 1.165) is 16.9 Å². The summed E-state index contributed by atoms with van der Waals surface area (Å²) in [5.41, 5.74) is 7.44. The van der Waals surface area contributed by atoms with Crippen molar-refractivity contribution < 1.29 is 14.7 Å². The van der Waals surface area contributed by atoms with Gasteiger partial charge in [0, 0.05) is 18.2 Å². The van der Waals surface area contributed by atoms with E-state index in [9.17, 15) is 10.0 Å². The molecule has 1 aliphatic heterocycles. The van der Waals surface area contributed by atoms with Crippen molar-refractivity contribution in [2.24, 2.45) is 5.73 Å². The van der Waals surface area contributed by atoms with Crippen LogP contribution in [0.3, 0.4) is 0 Å². The number of nitrogens with zero attached hydrogens (tertiary/aromatic N) is 3. The molecule has 7 heteroatoms. The Labute approximate surface area is 121 Å². The molecule has 110 valence electrons. The van der Waals surface area contributed by atoms with E-state index in [1.165, 1.54) is 0 Å². The molecule has 0 radical (unpaired) electrons. The van der Waals surface area contributed by atoms with Crippen molar-refractivity contribution in [2.45, 2.75) is 19.0 Å². The summed E-state index contributed by atoms with van der Waals surface area (Å²) in [6.45, 7) is 0.515. The zero-order chi connectivity index (χ0) is 15.0. The zero-order valence-corrected chi connectivity index (χ0v) is 11.6. The third kappa shape index (κ3) is 2.48. The van der Waals surface area contributed by atoms with Gasteiger partial charge < -0.3 is 10.5 Å². The van der Waals surface area contributed by atoms with Crippen LogP contribution in [0.4, 0.5) is 5.82 Å². The molecule has 0 fully saturated rings. The highest BCUT2D eigenvalue weighted by Gasteiger charge is 2.32. The number of amides is 1. The predicted molar refractivity (Wildman–Crippen MR) is 75.3 cm³/mol. The summed E-state index contributed by atoms with van der Waals surface area (Å²) >= 11 is 0. The fraction of sp³-hybridized carbons (Fsp3) is 0.286. The lowest BCUT2D eigenvalue weighted by atomic mass is 10.1. The van der Waals surface area contributed by atoms with E-state index >= 15 is 0 Å². The molecule has 0 unspecified atom stereocenters. The summed E-state index contributed by atoms with van der Waals surface area (Å²) in [6, 6.07) is 6.91. The molecule has 0 aliphatic carbocycles. The number of hydrogen-bond donors (Lipinski definition) is 2. The van der Waals surface area contributed by atoms with Crippen LogP contribution in [0.2, 0.25) is 0 Å². The van der Waals surface area contributed by atoms with E-state index in [1.54, 1.807) is 18.0 Å². The highest BCUT2D eigenvalue weighted by atomic mass is 16.5. The van der Waals surface area contributed by atoms with Gasteiger partial charge in [0.15, 0.2) is 5.82 Å². The molecular weight excluding hydrogens is 272 g/mol. The number of carbonyl (C=O) groups excluding carboxylic acids is 1. The number of fused-ring (bicyclic) bond motifs is 1. The molecule has 3 rings (SSSR count). The molecule has 0 saturated heterocycles. The molecular formula is C14H16N4O3. The number of anilines is 1. The van der Waals surface area contributed by atoms with Gasteiger partial charge >= 0.3 is 0 Å². The molecule has 0 spiro atoms. The van der Waals surface area contributed by atoms with Crippen LogP contribution in [0.1, 0.15) is 11.1 Å². The smallest absolute Gasteiger partial charge is 0.269 e. The van der Waals surface area contributed by atoms with Crippen LogP contribution >= 0.6 is 0 Å². The molecule has 0 saturated carbocycles. The fourth-order valence-electron chi connectivity index (χ4n) is 2.40. The lowest BCUT2D eigenvalue weighted by Crippen LogP contribution is -2.47. The Morgan fingerprint density at radius 2 is 2.33 bits per heavy atom. The van der Waals surface area contributed by atoms with Gasteiger partial charge in [-0.3, -0.25) is 14.7 Å². The number of hydroxylamine groups is 1. The number of benzene rings is 1. The molecule has 2 aromatic rings. The lowest BCUT2D eigenvalue weighted by Gasteiger charge is -2.22. The van der Waals surface area contributed by atoms with Crippen molar-refractivity contribution in [3.05, 3.63) is 41.6 Å². The summed E-state index contributed by atoms with van der Waals surface area (Å²) in [5, 5.41) is 14.5. The number of hydrogen-bond acceptors (Lipinski definition) is 5. The number of nitrogens with two attached hydrogens (primary N) is 1. The van der Waals surface area contributed by atoms with E-state index in [2.05, 4.69) is 5.10 Å². The zero-order valence-electron chi connectivity index (χ0n) is 11.6. The van der Waals surface area contributed by atoms with Gasteiger partial charge in [0.25, 0.3) is 5.91 Å². The molecule has 1 aliphatic rings. The Morgan fingerprint density at radius 1 is 1.52 bits per heavy atom. The first-order valence-electron chi connectivity index (χ1n) is 6.56. The van der Waals surface area contributed by atoms with Crippen LogP contribution in [-0.2, 0) is 17.8 Å². The van der Waals surface area contributed by atoms with E-state index in [1.807, 2.05) is 24.3 Å². The van der Waals surface area contributed by atoms with E-state index in [0.29, 0.717) is 18.0 Å². The van der Waals surface area contributed by atoms with Crippen LogP contribution in [0, 0.1) is 0 Å². The SMILES string of the molecule is COc1cccc(Cn2cc3c(n2)N(O)C(=O)[C@@H](N)C3)c1. The maximum absolute atomic E-state index is 11.6. The summed E-state index contributed by atoms with van der Waals surface area (Å²) in [4.78, 5) is 11.6. The van der Waals surface area contributed by atoms with E-state index in [4.69, 9.17) is 10.5 Å². The van der Waals surface area contributed by atoms with Crippen molar-refractivity contribution in [1.82, 2.24) is 9.78 Å². The van der Waals surface area contributed by atoms with Crippen LogP contribution in [0.15, 0.2) is 30.5 Å². The van der Waals surface area contributed by atoms with Gasteiger partial charge in [0.1, 0.15) is 5.75 Å². The van der Waals surface area contributed by atoms with Crippen LogP contribution in [-0.4, -0.2) is 34.0 Å². The minimum atomic E-state index is -0.725. The number of carbonyl (C=O) groups is 1. The molecule has 3 N–H and O–H groups in total. The number of aromatic nitrogens is 2. The van der Waals surface area contributed by atoms with Crippen molar-refractivity contribution in [2.75, 3.05) is 12.2 Å². The topological polar surface area (TPSA) is 93.6 Å². The second kappa shape index (κ2) is 5.19. The van der Waals surface area contributed by atoms with Gasteiger partial charge in [0.05, 0.1) is 19.7 Å². The molecule has 1 amide bonds. The largest absolute Gasteiger partial charge is 0.497 e. The Hall–Kier alpha value is -2.38. The molecule has 0 bridgehead atoms. The Balaban J connectivity index is 1.86. The summed E-state index contributed by atoms with van der Waals surface area (Å²) in [7, 11) is 1.61. The maximum atomic E-state index is 11.6. The highest BCUT2D eigenvalue weighted by Crippen LogP contribution is 2.24. The van der Waals surface area contributed by atoms with Crippen LogP contribution in [0.5, 0.6) is 5.75 Å². The molecule has 7 nitrogen and oxygen atoms in total. The van der Waals surface area contributed by atoms with Crippen molar-refractivity contribution >= 4 is 11.7 Å². The van der Waals surface area contributed by atoms with Gasteiger partial charge in [-0.2, -0.15) is 10.2 Å². The minimum absolute atomic E-state index is 0.254. The third-order valence-electron chi connectivity index (χ3n) is 3.46. The van der Waals surface area contributed by atoms with Gasteiger partial charge in [-0.15, -0.1) is 0 Å². The molecule has 21 heavy (non-hydrogen) atoms. The Kier molecular flexibility index (Phi) is 3.36. The summed E-state index contributed by atoms with van der Waals surface area (Å²) in [6.07, 6.45) is 2.17. The van der Waals surface area contributed by atoms with Gasteiger partial charge in [-0.1, -0.05) is 12.1 Å². The standard InChI is InChI=1S/C14H16N4O3/c1-21-11-4-2-3-9(5-11)7-17-8-10-6-12(15)14(19)18(20)13(10)16-17/h2-5,8,12,20H,6-7,15H2,1H3/t12-/m0/s1. The normalized spacial score (nSPS) is 17.8.